The molecule has 0 saturated carbocycles. The first-order valence-electron chi connectivity index (χ1n) is 9.26. The molecule has 2 aromatic rings. The Hall–Kier alpha value is -2.80. The third-order valence-corrected chi connectivity index (χ3v) is 5.34. The van der Waals surface area contributed by atoms with Gasteiger partial charge in [0.15, 0.2) is 17.7 Å². The van der Waals surface area contributed by atoms with Crippen LogP contribution in [0.4, 0.5) is 14.5 Å². The van der Waals surface area contributed by atoms with Crippen molar-refractivity contribution in [1.82, 2.24) is 4.90 Å². The fraction of sp³-hybridized carbons (Fsp3) is 0.333. The van der Waals surface area contributed by atoms with Gasteiger partial charge in [-0.2, -0.15) is 0 Å². The average molecular weight is 386 g/mol. The minimum atomic E-state index is -0.993. The van der Waals surface area contributed by atoms with E-state index in [4.69, 9.17) is 4.74 Å². The number of anilines is 1. The Labute approximate surface area is 161 Å². The Morgan fingerprint density at radius 2 is 1.89 bits per heavy atom. The molecular formula is C21H20F2N2O3. The summed E-state index contributed by atoms with van der Waals surface area (Å²) in [6, 6.07) is 10.9. The van der Waals surface area contributed by atoms with Gasteiger partial charge < -0.3 is 14.5 Å². The lowest BCUT2D eigenvalue weighted by Crippen LogP contribution is -2.55. The van der Waals surface area contributed by atoms with Crippen LogP contribution in [-0.4, -0.2) is 42.5 Å². The van der Waals surface area contributed by atoms with Crippen molar-refractivity contribution >= 4 is 17.5 Å². The molecule has 7 heteroatoms. The zero-order chi connectivity index (χ0) is 19.8. The fourth-order valence-electron chi connectivity index (χ4n) is 4.00. The Bertz CT molecular complexity index is 919. The lowest BCUT2D eigenvalue weighted by atomic mass is 9.96. The molecule has 0 unspecified atom stereocenters. The van der Waals surface area contributed by atoms with Gasteiger partial charge in [0.1, 0.15) is 6.61 Å². The number of ether oxygens (including phenoxy) is 1. The molecule has 1 fully saturated rings. The molecule has 146 valence electrons. The summed E-state index contributed by atoms with van der Waals surface area (Å²) >= 11 is 0. The van der Waals surface area contributed by atoms with E-state index in [1.54, 1.807) is 4.90 Å². The van der Waals surface area contributed by atoms with Gasteiger partial charge in [-0.25, -0.2) is 8.78 Å². The number of halogens is 2. The Balaban J connectivity index is 1.70. The van der Waals surface area contributed by atoms with Crippen LogP contribution in [0.3, 0.4) is 0 Å². The van der Waals surface area contributed by atoms with Crippen molar-refractivity contribution in [1.29, 1.82) is 0 Å². The molecule has 0 N–H and O–H groups in total. The van der Waals surface area contributed by atoms with Gasteiger partial charge in [-0.05, 0) is 30.5 Å². The smallest absolute Gasteiger partial charge is 0.258 e. The summed E-state index contributed by atoms with van der Waals surface area (Å²) in [5, 5.41) is 0. The number of amides is 2. The van der Waals surface area contributed by atoms with Crippen LogP contribution in [0.25, 0.3) is 0 Å². The first kappa shape index (κ1) is 18.6. The van der Waals surface area contributed by atoms with Crippen molar-refractivity contribution in [3.05, 3.63) is 65.2 Å². The average Bonchev–Trinajstić information content (AvgIpc) is 3.10. The lowest BCUT2D eigenvalue weighted by Gasteiger charge is -2.41. The van der Waals surface area contributed by atoms with E-state index in [0.717, 1.165) is 17.7 Å². The summed E-state index contributed by atoms with van der Waals surface area (Å²) < 4.78 is 33.0. The number of fused-ring (bicyclic) bond motifs is 1. The minimum Gasteiger partial charge on any atom is -0.356 e. The molecule has 0 aliphatic carbocycles. The number of hydrogen-bond acceptors (Lipinski definition) is 3. The molecule has 2 aliphatic rings. The first-order valence-corrected chi connectivity index (χ1v) is 9.26. The van der Waals surface area contributed by atoms with Gasteiger partial charge in [0.2, 0.25) is 5.91 Å². The molecule has 0 aromatic heterocycles. The standard InChI is InChI=1S/C21H20F2N2O3/c1-2-24-18(26)12-28-20(19(24)13-6-4-3-5-7-13)21(27)25-9-8-14-10-15(22)16(23)11-17(14)25/h3-7,10-11,19-20H,2,8-9,12H2,1H3/t19-,20+/m1/s1. The number of rotatable bonds is 3. The van der Waals surface area contributed by atoms with Crippen LogP contribution >= 0.6 is 0 Å². The third kappa shape index (κ3) is 3.05. The Morgan fingerprint density at radius 1 is 1.18 bits per heavy atom. The maximum Gasteiger partial charge on any atom is 0.258 e. The van der Waals surface area contributed by atoms with E-state index in [1.165, 1.54) is 4.90 Å². The summed E-state index contributed by atoms with van der Waals surface area (Å²) in [6.45, 7) is 2.41. The van der Waals surface area contributed by atoms with E-state index < -0.39 is 23.8 Å². The molecule has 0 radical (unpaired) electrons. The molecule has 2 heterocycles. The molecule has 28 heavy (non-hydrogen) atoms. The van der Waals surface area contributed by atoms with E-state index in [-0.39, 0.29) is 18.4 Å². The first-order chi connectivity index (χ1) is 13.5. The van der Waals surface area contributed by atoms with Crippen molar-refractivity contribution in [2.24, 2.45) is 0 Å². The van der Waals surface area contributed by atoms with Gasteiger partial charge >= 0.3 is 0 Å². The molecule has 5 nitrogen and oxygen atoms in total. The summed E-state index contributed by atoms with van der Waals surface area (Å²) in [6.07, 6.45) is -0.476. The zero-order valence-electron chi connectivity index (χ0n) is 15.4. The number of likely N-dealkylation sites (N-methyl/N-ethyl adjacent to an activating group) is 1. The topological polar surface area (TPSA) is 49.9 Å². The lowest BCUT2D eigenvalue weighted by molar-refractivity contribution is -0.162. The van der Waals surface area contributed by atoms with Gasteiger partial charge in [-0.15, -0.1) is 0 Å². The van der Waals surface area contributed by atoms with Gasteiger partial charge in [-0.1, -0.05) is 30.3 Å². The van der Waals surface area contributed by atoms with Gasteiger partial charge in [0.05, 0.1) is 11.7 Å². The molecular weight excluding hydrogens is 366 g/mol. The van der Waals surface area contributed by atoms with Crippen molar-refractivity contribution in [3.8, 4) is 0 Å². The molecule has 2 amide bonds. The van der Waals surface area contributed by atoms with Gasteiger partial charge in [-0.3, -0.25) is 9.59 Å². The monoisotopic (exact) mass is 386 g/mol. The van der Waals surface area contributed by atoms with Crippen LogP contribution in [-0.2, 0) is 20.7 Å². The van der Waals surface area contributed by atoms with E-state index in [2.05, 4.69) is 0 Å². The maximum absolute atomic E-state index is 13.8. The molecule has 0 spiro atoms. The van der Waals surface area contributed by atoms with Gasteiger partial charge in [0, 0.05) is 19.2 Å². The number of morpholine rings is 1. The maximum atomic E-state index is 13.8. The summed E-state index contributed by atoms with van der Waals surface area (Å²) in [4.78, 5) is 28.8. The number of benzene rings is 2. The molecule has 4 rings (SSSR count). The summed E-state index contributed by atoms with van der Waals surface area (Å²) in [7, 11) is 0. The highest BCUT2D eigenvalue weighted by atomic mass is 19.2. The van der Waals surface area contributed by atoms with Crippen molar-refractivity contribution in [3.63, 3.8) is 0 Å². The van der Waals surface area contributed by atoms with Crippen LogP contribution in [0, 0.1) is 11.6 Å². The molecule has 0 bridgehead atoms. The van der Waals surface area contributed by atoms with E-state index >= 15 is 0 Å². The van der Waals surface area contributed by atoms with Crippen LogP contribution in [0.5, 0.6) is 0 Å². The second kappa shape index (κ2) is 7.31. The highest BCUT2D eigenvalue weighted by molar-refractivity contribution is 6.00. The molecule has 2 atom stereocenters. The molecule has 2 aliphatic heterocycles. The van der Waals surface area contributed by atoms with Crippen LogP contribution < -0.4 is 4.90 Å². The number of nitrogens with zero attached hydrogens (tertiary/aromatic N) is 2. The van der Waals surface area contributed by atoms with Crippen LogP contribution in [0.2, 0.25) is 0 Å². The molecule has 1 saturated heterocycles. The predicted octanol–water partition coefficient (Wildman–Crippen LogP) is 2.84. The number of hydrogen-bond donors (Lipinski definition) is 0. The molecule has 2 aromatic carbocycles. The van der Waals surface area contributed by atoms with E-state index in [0.29, 0.717) is 30.8 Å². The quantitative estimate of drug-likeness (QED) is 0.815. The number of carbonyl (C=O) groups is 2. The van der Waals surface area contributed by atoms with Gasteiger partial charge in [0.25, 0.3) is 5.91 Å². The largest absolute Gasteiger partial charge is 0.356 e. The third-order valence-electron chi connectivity index (χ3n) is 5.34. The Kier molecular flexibility index (Phi) is 4.85. The zero-order valence-corrected chi connectivity index (χ0v) is 15.4. The normalized spacial score (nSPS) is 21.8. The Morgan fingerprint density at radius 3 is 2.61 bits per heavy atom. The van der Waals surface area contributed by atoms with Crippen molar-refractivity contribution in [2.45, 2.75) is 25.5 Å². The highest BCUT2D eigenvalue weighted by Gasteiger charge is 2.44. The van der Waals surface area contributed by atoms with Crippen molar-refractivity contribution in [2.75, 3.05) is 24.6 Å². The second-order valence-corrected chi connectivity index (χ2v) is 6.90. The summed E-state index contributed by atoms with van der Waals surface area (Å²) in [5.41, 5.74) is 1.74. The van der Waals surface area contributed by atoms with Crippen LogP contribution in [0.15, 0.2) is 42.5 Å². The second-order valence-electron chi connectivity index (χ2n) is 6.90. The van der Waals surface area contributed by atoms with E-state index in [1.807, 2.05) is 37.3 Å². The fourth-order valence-corrected chi connectivity index (χ4v) is 4.00. The highest BCUT2D eigenvalue weighted by Crippen LogP contribution is 2.35. The SMILES string of the molecule is CCN1C(=O)CO[C@H](C(=O)N2CCc3cc(F)c(F)cc32)[C@H]1c1ccccc1. The van der Waals surface area contributed by atoms with Crippen molar-refractivity contribution < 1.29 is 23.1 Å². The summed E-state index contributed by atoms with van der Waals surface area (Å²) in [5.74, 6) is -2.46. The number of carbonyl (C=O) groups excluding carboxylic acids is 2. The van der Waals surface area contributed by atoms with Crippen LogP contribution in [0.1, 0.15) is 24.1 Å². The van der Waals surface area contributed by atoms with E-state index in [9.17, 15) is 18.4 Å². The minimum absolute atomic E-state index is 0.185. The predicted molar refractivity (Wildman–Crippen MR) is 98.7 cm³/mol.